The van der Waals surface area contributed by atoms with Gasteiger partial charge in [0.05, 0.1) is 1.37 Å². The third-order valence-electron chi connectivity index (χ3n) is 8.33. The molecular formula is C42H36F4GeIrN2S-2. The first-order valence-electron chi connectivity index (χ1n) is 17.1. The predicted molar refractivity (Wildman–Crippen MR) is 202 cm³/mol. The minimum absolute atomic E-state index is 0. The fourth-order valence-corrected chi connectivity index (χ4v) is 9.06. The van der Waals surface area contributed by atoms with Crippen LogP contribution in [0.4, 0.5) is 17.6 Å². The topological polar surface area (TPSA) is 25.8 Å². The summed E-state index contributed by atoms with van der Waals surface area (Å²) in [4.78, 5) is 8.72. The predicted octanol–water partition coefficient (Wildman–Crippen LogP) is 12.4. The zero-order chi connectivity index (χ0) is 37.5. The van der Waals surface area contributed by atoms with Gasteiger partial charge in [0.2, 0.25) is 6.15 Å². The molecular weight excluding hydrogens is 905 g/mol. The molecule has 2 nitrogen and oxygen atoms in total. The Bertz CT molecular complexity index is 2340. The first kappa shape index (κ1) is 35.7. The first-order valence-corrected chi connectivity index (χ1v) is 24.2. The number of hydrogen-bond donors (Lipinski definition) is 0. The van der Waals surface area contributed by atoms with E-state index in [2.05, 4.69) is 51.5 Å². The Kier molecular flexibility index (Phi) is 11.1. The van der Waals surface area contributed by atoms with Crippen molar-refractivity contribution >= 4 is 49.2 Å². The van der Waals surface area contributed by atoms with Crippen molar-refractivity contribution in [3.63, 3.8) is 0 Å². The quantitative estimate of drug-likeness (QED) is 0.0943. The summed E-state index contributed by atoms with van der Waals surface area (Å²) in [5.41, 5.74) is 4.52. The van der Waals surface area contributed by atoms with E-state index in [1.165, 1.54) is 15.7 Å². The number of thiophene rings is 1. The van der Waals surface area contributed by atoms with Gasteiger partial charge in [-0.2, -0.15) is 24.5 Å². The molecule has 7 aromatic rings. The van der Waals surface area contributed by atoms with Crippen LogP contribution in [-0.2, 0) is 20.1 Å². The van der Waals surface area contributed by atoms with E-state index >= 15 is 0 Å². The van der Waals surface area contributed by atoms with Crippen LogP contribution in [0, 0.1) is 12.1 Å². The standard InChI is InChI=1S/C28H20F4NS.C14H16GeN.Ir/c1-16(2)19-13-22(17-7-4-3-5-8-17)25-21-10-6-9-20(26(21)34-24(25)15-19)23-14-18(11-12-33-23)27(29)28(30,31)32;1-15(2,3)13-9-10-14(16-11-13)12-7-5-4-6-8-12;/h3-8,10-16,27H,1-2H3;4-7,9-11H,1-3H3;/q2*-1;/i16D,27D;;. The Labute approximate surface area is 319 Å². The molecule has 1 atom stereocenters. The smallest absolute Gasteiger partial charge is 0 e. The molecule has 0 saturated carbocycles. The van der Waals surface area contributed by atoms with Gasteiger partial charge >= 0.3 is 106 Å². The number of pyridine rings is 2. The number of fused-ring (bicyclic) bond motifs is 3. The van der Waals surface area contributed by atoms with Crippen molar-refractivity contribution in [2.45, 2.75) is 49.3 Å². The second-order valence-electron chi connectivity index (χ2n) is 13.2. The Balaban J connectivity index is 0.000000267. The molecule has 0 aliphatic carbocycles. The monoisotopic (exact) mass is 945 g/mol. The number of benzene rings is 4. The number of hydrogen-bond acceptors (Lipinski definition) is 3. The van der Waals surface area contributed by atoms with Gasteiger partial charge in [-0.25, -0.2) is 4.39 Å². The zero-order valence-electron chi connectivity index (χ0n) is 30.6. The van der Waals surface area contributed by atoms with Crippen molar-refractivity contribution in [2.75, 3.05) is 0 Å². The second-order valence-corrected chi connectivity index (χ2v) is 24.9. The van der Waals surface area contributed by atoms with E-state index in [0.29, 0.717) is 5.56 Å². The van der Waals surface area contributed by atoms with Gasteiger partial charge in [-0.1, -0.05) is 61.7 Å². The summed E-state index contributed by atoms with van der Waals surface area (Å²) in [6.07, 6.45) is -6.53. The van der Waals surface area contributed by atoms with E-state index in [1.807, 2.05) is 92.8 Å². The van der Waals surface area contributed by atoms with Crippen LogP contribution < -0.4 is 4.40 Å². The van der Waals surface area contributed by atoms with Gasteiger partial charge in [0, 0.05) is 32.4 Å². The molecule has 7 rings (SSSR count). The molecule has 263 valence electrons. The van der Waals surface area contributed by atoms with Crippen LogP contribution in [0.1, 0.15) is 39.8 Å². The molecule has 3 aromatic heterocycles. The minimum Gasteiger partial charge on any atom is 0 e. The summed E-state index contributed by atoms with van der Waals surface area (Å²) >= 11 is -0.292. The van der Waals surface area contributed by atoms with Gasteiger partial charge in [-0.3, -0.25) is 0 Å². The molecule has 3 heterocycles. The average molecular weight is 944 g/mol. The Hall–Kier alpha value is -3.69. The van der Waals surface area contributed by atoms with Crippen LogP contribution in [0.3, 0.4) is 0 Å². The summed E-state index contributed by atoms with van der Waals surface area (Å²) in [5.74, 6) is 6.29. The Morgan fingerprint density at radius 3 is 2.18 bits per heavy atom. The van der Waals surface area contributed by atoms with Crippen molar-refractivity contribution in [3.8, 4) is 33.6 Å². The maximum Gasteiger partial charge on any atom is 0 e. The van der Waals surface area contributed by atoms with Gasteiger partial charge in [0.1, 0.15) is 0 Å². The van der Waals surface area contributed by atoms with Crippen molar-refractivity contribution in [1.82, 2.24) is 9.97 Å². The number of aromatic nitrogens is 2. The van der Waals surface area contributed by atoms with Crippen LogP contribution in [0.15, 0.2) is 116 Å². The Morgan fingerprint density at radius 1 is 0.804 bits per heavy atom. The van der Waals surface area contributed by atoms with Crippen LogP contribution in [0.25, 0.3) is 53.8 Å². The molecule has 0 aliphatic rings. The van der Waals surface area contributed by atoms with Gasteiger partial charge in [0.15, 0.2) is 0 Å². The number of nitrogens with zero attached hydrogens (tertiary/aromatic N) is 2. The number of halogens is 4. The maximum absolute atomic E-state index is 14.4. The molecule has 0 N–H and O–H groups in total. The minimum atomic E-state index is -5.39. The molecule has 51 heavy (non-hydrogen) atoms. The van der Waals surface area contributed by atoms with Gasteiger partial charge < -0.3 is 4.98 Å². The van der Waals surface area contributed by atoms with E-state index in [1.54, 1.807) is 6.07 Å². The van der Waals surface area contributed by atoms with Crippen LogP contribution >= 0.6 is 11.3 Å². The SMILES string of the molecule is [2H]C(C)(C)c1cc(-c2ccccc2)c2c(c1)sc1c(-c3cc(C([2H])(F)C(F)(F)F)ccn3)[c-]ccc12.[CH3][Ge]([CH3])([CH3])[c]1ccc(-c2[c-]cccc2)nc1.[Ir]. The van der Waals surface area contributed by atoms with Crippen molar-refractivity contribution in [2.24, 2.45) is 0 Å². The van der Waals surface area contributed by atoms with Crippen LogP contribution in [0.2, 0.25) is 17.3 Å². The normalized spacial score (nSPS) is 13.7. The van der Waals surface area contributed by atoms with Crippen molar-refractivity contribution < 1.29 is 40.4 Å². The molecule has 0 amide bonds. The molecule has 0 bridgehead atoms. The molecule has 9 heteroatoms. The first-order chi connectivity index (χ1) is 24.4. The fraction of sp³-hybridized carbons (Fsp3) is 0.190. The van der Waals surface area contributed by atoms with Crippen LogP contribution in [0.5, 0.6) is 0 Å². The second kappa shape index (κ2) is 15.9. The van der Waals surface area contributed by atoms with E-state index in [-0.39, 0.29) is 25.8 Å². The average Bonchev–Trinajstić information content (AvgIpc) is 3.50. The number of alkyl halides is 4. The van der Waals surface area contributed by atoms with Gasteiger partial charge in [-0.15, -0.1) is 23.8 Å². The molecule has 1 radical (unpaired) electrons. The van der Waals surface area contributed by atoms with E-state index in [0.717, 1.165) is 66.4 Å². The van der Waals surface area contributed by atoms with Gasteiger partial charge in [0.25, 0.3) is 0 Å². The van der Waals surface area contributed by atoms with E-state index in [4.69, 9.17) is 2.74 Å². The maximum atomic E-state index is 14.4. The molecule has 4 aromatic carbocycles. The van der Waals surface area contributed by atoms with Crippen LogP contribution in [-0.4, -0.2) is 29.4 Å². The summed E-state index contributed by atoms with van der Waals surface area (Å²) < 4.78 is 72.9. The molecule has 0 fully saturated rings. The van der Waals surface area contributed by atoms with E-state index < -0.39 is 37.0 Å². The Morgan fingerprint density at radius 2 is 1.55 bits per heavy atom. The fourth-order valence-electron chi connectivity index (χ4n) is 5.61. The number of rotatable bonds is 6. The summed E-state index contributed by atoms with van der Waals surface area (Å²) in [6.45, 7) is 3.63. The summed E-state index contributed by atoms with van der Waals surface area (Å²) in [5, 5.41) is 1.81. The van der Waals surface area contributed by atoms with Crippen molar-refractivity contribution in [3.05, 3.63) is 139 Å². The largest absolute Gasteiger partial charge is 0 e. The molecule has 1 unspecified atom stereocenters. The van der Waals surface area contributed by atoms with Crippen molar-refractivity contribution in [1.29, 1.82) is 0 Å². The van der Waals surface area contributed by atoms with Gasteiger partial charge in [-0.05, 0) is 56.1 Å². The summed E-state index contributed by atoms with van der Waals surface area (Å²) in [7, 11) is 0. The van der Waals surface area contributed by atoms with E-state index in [9.17, 15) is 17.6 Å². The molecule has 0 spiro atoms. The zero-order valence-corrected chi connectivity index (χ0v) is 33.9. The third kappa shape index (κ3) is 8.69. The third-order valence-corrected chi connectivity index (χ3v) is 13.8. The summed E-state index contributed by atoms with van der Waals surface area (Å²) in [6, 6.07) is 37.7. The molecule has 0 aliphatic heterocycles. The molecule has 0 saturated heterocycles.